The number of nitrogens with zero attached hydrogens (tertiary/aromatic N) is 2. The molecule has 2 atom stereocenters. The van der Waals surface area contributed by atoms with Crippen molar-refractivity contribution in [3.8, 4) is 0 Å². The minimum absolute atomic E-state index is 0.0525. The number of alkyl halides is 3. The Labute approximate surface area is 172 Å². The fraction of sp³-hybridized carbons (Fsp3) is 0.765. The van der Waals surface area contributed by atoms with Gasteiger partial charge in [0.15, 0.2) is 0 Å². The largest absolute Gasteiger partial charge is 0.534 e. The molecule has 0 saturated carbocycles. The van der Waals surface area contributed by atoms with Crippen molar-refractivity contribution in [1.29, 1.82) is 0 Å². The van der Waals surface area contributed by atoms with E-state index in [1.807, 2.05) is 0 Å². The van der Waals surface area contributed by atoms with Gasteiger partial charge in [-0.2, -0.15) is 21.6 Å². The summed E-state index contributed by atoms with van der Waals surface area (Å²) >= 11 is 0. The number of carbonyl (C=O) groups is 2. The van der Waals surface area contributed by atoms with Crippen molar-refractivity contribution in [3.63, 3.8) is 0 Å². The number of esters is 1. The smallest absolute Gasteiger partial charge is 0.462 e. The Morgan fingerprint density at radius 3 is 2.27 bits per heavy atom. The van der Waals surface area contributed by atoms with E-state index < -0.39 is 51.1 Å². The van der Waals surface area contributed by atoms with E-state index >= 15 is 0 Å². The summed E-state index contributed by atoms with van der Waals surface area (Å²) in [4.78, 5) is 28.0. The molecule has 1 saturated heterocycles. The van der Waals surface area contributed by atoms with Gasteiger partial charge >= 0.3 is 27.7 Å². The van der Waals surface area contributed by atoms with Crippen molar-refractivity contribution < 1.29 is 44.8 Å². The van der Waals surface area contributed by atoms with Crippen LogP contribution in [0.15, 0.2) is 11.3 Å². The molecule has 1 fully saturated rings. The van der Waals surface area contributed by atoms with Crippen LogP contribution in [0.25, 0.3) is 0 Å². The van der Waals surface area contributed by atoms with Gasteiger partial charge in [-0.05, 0) is 34.7 Å². The highest BCUT2D eigenvalue weighted by Crippen LogP contribution is 2.37. The number of hydrogen-bond donors (Lipinski definition) is 0. The topological polar surface area (TPSA) is 102 Å². The van der Waals surface area contributed by atoms with Gasteiger partial charge in [-0.15, -0.1) is 0 Å². The van der Waals surface area contributed by atoms with E-state index in [1.54, 1.807) is 32.7 Å². The van der Waals surface area contributed by atoms with E-state index in [1.165, 1.54) is 11.8 Å². The monoisotopic (exact) mass is 458 g/mol. The fourth-order valence-corrected chi connectivity index (χ4v) is 3.77. The lowest BCUT2D eigenvalue weighted by Gasteiger charge is -2.48. The lowest BCUT2D eigenvalue weighted by Crippen LogP contribution is -2.62. The molecule has 2 heterocycles. The lowest BCUT2D eigenvalue weighted by molar-refractivity contribution is -0.140. The third kappa shape index (κ3) is 5.17. The number of carbonyl (C=O) groups excluding carboxylic acids is 2. The van der Waals surface area contributed by atoms with Crippen molar-refractivity contribution >= 4 is 22.2 Å². The molecule has 2 rings (SSSR count). The van der Waals surface area contributed by atoms with Gasteiger partial charge in [0, 0.05) is 25.6 Å². The Kier molecular flexibility index (Phi) is 6.67. The minimum atomic E-state index is -5.97. The van der Waals surface area contributed by atoms with Crippen molar-refractivity contribution in [1.82, 2.24) is 9.80 Å². The molecule has 0 radical (unpaired) electrons. The number of halogens is 3. The third-order valence-corrected chi connectivity index (χ3v) is 5.58. The van der Waals surface area contributed by atoms with Gasteiger partial charge in [-0.25, -0.2) is 9.59 Å². The summed E-state index contributed by atoms with van der Waals surface area (Å²) in [6, 6.07) is -1.52. The Hall–Kier alpha value is -2.02. The molecule has 0 aromatic carbocycles. The van der Waals surface area contributed by atoms with Gasteiger partial charge in [0.2, 0.25) is 0 Å². The molecule has 30 heavy (non-hydrogen) atoms. The number of ether oxygens (including phenoxy) is 2. The second kappa shape index (κ2) is 8.25. The molecule has 0 aromatic heterocycles. The molecule has 1 amide bonds. The van der Waals surface area contributed by atoms with E-state index in [0.29, 0.717) is 0 Å². The second-order valence-electron chi connectivity index (χ2n) is 7.97. The van der Waals surface area contributed by atoms with Crippen LogP contribution in [-0.2, 0) is 28.6 Å². The fourth-order valence-electron chi connectivity index (χ4n) is 3.26. The number of rotatable bonds is 4. The molecule has 172 valence electrons. The van der Waals surface area contributed by atoms with Crippen LogP contribution in [0.2, 0.25) is 0 Å². The lowest BCUT2D eigenvalue weighted by atomic mass is 9.90. The van der Waals surface area contributed by atoms with Gasteiger partial charge in [-0.3, -0.25) is 4.90 Å². The maximum absolute atomic E-state index is 12.8. The zero-order chi connectivity index (χ0) is 23.1. The molecule has 0 aromatic rings. The van der Waals surface area contributed by atoms with E-state index in [2.05, 4.69) is 4.18 Å². The molecule has 2 aliphatic heterocycles. The molecular formula is C17H25F3N2O7S. The minimum Gasteiger partial charge on any atom is -0.462 e. The molecule has 9 nitrogen and oxygen atoms in total. The Balaban J connectivity index is 2.44. The van der Waals surface area contributed by atoms with Crippen molar-refractivity contribution in [2.24, 2.45) is 0 Å². The molecule has 13 heteroatoms. The summed E-state index contributed by atoms with van der Waals surface area (Å²) in [6.45, 7) is 6.39. The van der Waals surface area contributed by atoms with E-state index in [0.717, 1.165) is 0 Å². The number of likely N-dealkylation sites (N-methyl/N-ethyl adjacent to an activating group) is 1. The van der Waals surface area contributed by atoms with Crippen LogP contribution >= 0.6 is 0 Å². The van der Waals surface area contributed by atoms with Crippen LogP contribution in [0, 0.1) is 0 Å². The van der Waals surface area contributed by atoms with Crippen LogP contribution < -0.4 is 0 Å². The molecule has 2 aliphatic rings. The first-order valence-corrected chi connectivity index (χ1v) is 10.6. The Bertz CT molecular complexity index is 833. The number of amides is 1. The molecule has 2 bridgehead atoms. The average Bonchev–Trinajstić information content (AvgIpc) is 2.53. The van der Waals surface area contributed by atoms with Crippen LogP contribution in [0.1, 0.15) is 34.1 Å². The third-order valence-electron chi connectivity index (χ3n) is 4.59. The summed E-state index contributed by atoms with van der Waals surface area (Å²) in [5.41, 5.74) is -6.79. The number of piperazine rings is 1. The van der Waals surface area contributed by atoms with Crippen molar-refractivity contribution in [3.05, 3.63) is 11.3 Å². The van der Waals surface area contributed by atoms with Gasteiger partial charge in [0.25, 0.3) is 0 Å². The van der Waals surface area contributed by atoms with Gasteiger partial charge in [0.05, 0.1) is 18.2 Å². The highest BCUT2D eigenvalue weighted by atomic mass is 32.2. The molecular weight excluding hydrogens is 433 g/mol. The molecule has 0 aliphatic carbocycles. The standard InChI is InChI=1S/C17H25F3N2O7S/c1-6-27-14(23)13-11-9-22(15(24)28-16(2,3)4)8-10(21(11)5)7-12(13)29-30(25,26)17(18,19)20/h10-11H,6-9H2,1-5H3. The quantitative estimate of drug-likeness (QED) is 0.358. The Morgan fingerprint density at radius 1 is 1.17 bits per heavy atom. The summed E-state index contributed by atoms with van der Waals surface area (Å²) in [5, 5.41) is 0. The maximum atomic E-state index is 12.8. The molecule has 0 spiro atoms. The van der Waals surface area contributed by atoms with Gasteiger partial charge < -0.3 is 18.6 Å². The van der Waals surface area contributed by atoms with Crippen LogP contribution in [0.5, 0.6) is 0 Å². The normalized spacial score (nSPS) is 23.3. The SMILES string of the molecule is CCOC(=O)C1=C(OS(=O)(=O)C(F)(F)F)CC2CN(C(=O)OC(C)(C)C)CC1N2C. The summed E-state index contributed by atoms with van der Waals surface area (Å²) in [5.74, 6) is -1.63. The predicted octanol–water partition coefficient (Wildman–Crippen LogP) is 1.99. The summed E-state index contributed by atoms with van der Waals surface area (Å²) in [6.07, 6.45) is -0.989. The van der Waals surface area contributed by atoms with E-state index in [4.69, 9.17) is 9.47 Å². The first kappa shape index (κ1) is 24.3. The van der Waals surface area contributed by atoms with Crippen LogP contribution in [0.4, 0.5) is 18.0 Å². The predicted molar refractivity (Wildman–Crippen MR) is 97.5 cm³/mol. The second-order valence-corrected chi connectivity index (χ2v) is 9.50. The maximum Gasteiger partial charge on any atom is 0.534 e. The van der Waals surface area contributed by atoms with Crippen LogP contribution in [-0.4, -0.2) is 80.2 Å². The first-order chi connectivity index (χ1) is 13.6. The highest BCUT2D eigenvalue weighted by molar-refractivity contribution is 7.87. The highest BCUT2D eigenvalue weighted by Gasteiger charge is 2.52. The van der Waals surface area contributed by atoms with Crippen LogP contribution in [0.3, 0.4) is 0 Å². The zero-order valence-corrected chi connectivity index (χ0v) is 18.1. The zero-order valence-electron chi connectivity index (χ0n) is 17.3. The summed E-state index contributed by atoms with van der Waals surface area (Å²) < 4.78 is 76.2. The van der Waals surface area contributed by atoms with E-state index in [9.17, 15) is 31.2 Å². The molecule has 0 N–H and O–H groups in total. The van der Waals surface area contributed by atoms with Crippen molar-refractivity contribution in [2.75, 3.05) is 26.7 Å². The van der Waals surface area contributed by atoms with Gasteiger partial charge in [-0.1, -0.05) is 0 Å². The van der Waals surface area contributed by atoms with E-state index in [-0.39, 0.29) is 31.7 Å². The molecule has 2 unspecified atom stereocenters. The number of hydrogen-bond acceptors (Lipinski definition) is 8. The Morgan fingerprint density at radius 2 is 1.77 bits per heavy atom. The summed E-state index contributed by atoms with van der Waals surface area (Å²) in [7, 11) is -4.35. The first-order valence-electron chi connectivity index (χ1n) is 9.18. The van der Waals surface area contributed by atoms with Crippen molar-refractivity contribution in [2.45, 2.75) is 57.3 Å². The number of fused-ring (bicyclic) bond motifs is 2. The average molecular weight is 458 g/mol. The van der Waals surface area contributed by atoms with Gasteiger partial charge in [0.1, 0.15) is 11.4 Å².